The lowest BCUT2D eigenvalue weighted by Crippen LogP contribution is -2.02. The van der Waals surface area contributed by atoms with Gasteiger partial charge in [0.2, 0.25) is 0 Å². The van der Waals surface area contributed by atoms with Crippen molar-refractivity contribution in [3.05, 3.63) is 25.3 Å². The van der Waals surface area contributed by atoms with Gasteiger partial charge in [-0.25, -0.2) is 0 Å². The number of aliphatic hydroxyl groups excluding tert-OH is 1. The van der Waals surface area contributed by atoms with Crippen LogP contribution < -0.4 is 0 Å². The van der Waals surface area contributed by atoms with Gasteiger partial charge < -0.3 is 5.11 Å². The van der Waals surface area contributed by atoms with Gasteiger partial charge in [-0.05, 0) is 18.8 Å². The molecule has 0 amide bonds. The molecule has 0 saturated carbocycles. The van der Waals surface area contributed by atoms with Gasteiger partial charge in [0.05, 0.1) is 0 Å². The number of aliphatic hydroxyl groups is 1. The molecule has 9 heavy (non-hydrogen) atoms. The lowest BCUT2D eigenvalue weighted by molar-refractivity contribution is 0.229. The van der Waals surface area contributed by atoms with Crippen LogP contribution >= 0.6 is 0 Å². The molecule has 1 N–H and O–H groups in total. The van der Waals surface area contributed by atoms with Crippen LogP contribution in [-0.4, -0.2) is 11.7 Å². The highest BCUT2D eigenvalue weighted by Crippen LogP contribution is 2.07. The second-order valence-corrected chi connectivity index (χ2v) is 2.10. The molecule has 0 bridgehead atoms. The van der Waals surface area contributed by atoms with E-state index in [-0.39, 0.29) is 6.61 Å². The highest BCUT2D eigenvalue weighted by atomic mass is 16.3. The van der Waals surface area contributed by atoms with Crippen molar-refractivity contribution in [3.63, 3.8) is 0 Å². The first-order chi connectivity index (χ1) is 4.35. The van der Waals surface area contributed by atoms with Crippen molar-refractivity contribution in [1.29, 1.82) is 0 Å². The van der Waals surface area contributed by atoms with Gasteiger partial charge >= 0.3 is 0 Å². The SMILES string of the molecule is C=CCC(CO)CC=C. The van der Waals surface area contributed by atoms with E-state index in [2.05, 4.69) is 13.2 Å². The highest BCUT2D eigenvalue weighted by molar-refractivity contribution is 4.78. The predicted molar refractivity (Wildman–Crippen MR) is 40.2 cm³/mol. The third kappa shape index (κ3) is 3.98. The van der Waals surface area contributed by atoms with Gasteiger partial charge in [0.15, 0.2) is 0 Å². The zero-order chi connectivity index (χ0) is 7.11. The first kappa shape index (κ1) is 8.44. The molecule has 1 nitrogen and oxygen atoms in total. The van der Waals surface area contributed by atoms with Crippen LogP contribution in [0.15, 0.2) is 25.3 Å². The van der Waals surface area contributed by atoms with Crippen LogP contribution in [0.1, 0.15) is 12.8 Å². The molecule has 0 heterocycles. The van der Waals surface area contributed by atoms with E-state index in [0.717, 1.165) is 12.8 Å². The van der Waals surface area contributed by atoms with Crippen LogP contribution in [0.25, 0.3) is 0 Å². The molecular formula is C8H14O. The monoisotopic (exact) mass is 126 g/mol. The highest BCUT2D eigenvalue weighted by Gasteiger charge is 2.00. The number of hydrogen-bond acceptors (Lipinski definition) is 1. The van der Waals surface area contributed by atoms with Crippen LogP contribution in [0.4, 0.5) is 0 Å². The van der Waals surface area contributed by atoms with Crippen molar-refractivity contribution < 1.29 is 5.11 Å². The maximum absolute atomic E-state index is 8.69. The third-order valence-corrected chi connectivity index (χ3v) is 1.26. The fourth-order valence-corrected chi connectivity index (χ4v) is 0.717. The van der Waals surface area contributed by atoms with Crippen LogP contribution in [0.2, 0.25) is 0 Å². The number of allylic oxidation sites excluding steroid dienone is 2. The predicted octanol–water partition coefficient (Wildman–Crippen LogP) is 1.75. The van der Waals surface area contributed by atoms with Gasteiger partial charge in [0, 0.05) is 6.61 Å². The minimum Gasteiger partial charge on any atom is -0.396 e. The minimum atomic E-state index is 0.234. The summed E-state index contributed by atoms with van der Waals surface area (Å²) in [6.07, 6.45) is 5.40. The summed E-state index contributed by atoms with van der Waals surface area (Å²) in [4.78, 5) is 0. The van der Waals surface area contributed by atoms with E-state index in [1.165, 1.54) is 0 Å². The van der Waals surface area contributed by atoms with Crippen molar-refractivity contribution in [2.24, 2.45) is 5.92 Å². The summed E-state index contributed by atoms with van der Waals surface area (Å²) in [5.74, 6) is 0.333. The molecule has 0 saturated heterocycles. The molecule has 0 spiro atoms. The number of hydrogen-bond donors (Lipinski definition) is 1. The van der Waals surface area contributed by atoms with Crippen molar-refractivity contribution in [3.8, 4) is 0 Å². The molecule has 0 atom stereocenters. The molecule has 0 rings (SSSR count). The second kappa shape index (κ2) is 5.57. The summed E-state index contributed by atoms with van der Waals surface area (Å²) in [5, 5.41) is 8.69. The molecule has 0 radical (unpaired) electrons. The van der Waals surface area contributed by atoms with Gasteiger partial charge in [0.1, 0.15) is 0 Å². The Morgan fingerprint density at radius 3 is 1.89 bits per heavy atom. The van der Waals surface area contributed by atoms with E-state index in [1.54, 1.807) is 0 Å². The summed E-state index contributed by atoms with van der Waals surface area (Å²) in [7, 11) is 0. The minimum absolute atomic E-state index is 0.234. The molecule has 1 heteroatoms. The molecule has 0 aromatic carbocycles. The average Bonchev–Trinajstić information content (AvgIpc) is 1.88. The van der Waals surface area contributed by atoms with Gasteiger partial charge in [0.25, 0.3) is 0 Å². The Balaban J connectivity index is 3.39. The Hall–Kier alpha value is -0.560. The molecule has 52 valence electrons. The van der Waals surface area contributed by atoms with E-state index in [1.807, 2.05) is 12.2 Å². The van der Waals surface area contributed by atoms with Gasteiger partial charge in [-0.1, -0.05) is 12.2 Å². The molecule has 0 aliphatic carbocycles. The van der Waals surface area contributed by atoms with Crippen LogP contribution in [-0.2, 0) is 0 Å². The molecule has 0 aliphatic heterocycles. The Morgan fingerprint density at radius 2 is 1.67 bits per heavy atom. The standard InChI is InChI=1S/C8H14O/c1-3-5-8(7-9)6-4-2/h3-4,8-9H,1-2,5-7H2. The topological polar surface area (TPSA) is 20.2 Å². The Kier molecular flexibility index (Phi) is 5.23. The largest absolute Gasteiger partial charge is 0.396 e. The molecule has 0 aromatic rings. The van der Waals surface area contributed by atoms with E-state index in [4.69, 9.17) is 5.11 Å². The smallest absolute Gasteiger partial charge is 0.0465 e. The molecular weight excluding hydrogens is 112 g/mol. The summed E-state index contributed by atoms with van der Waals surface area (Å²) in [6.45, 7) is 7.40. The van der Waals surface area contributed by atoms with E-state index >= 15 is 0 Å². The summed E-state index contributed by atoms with van der Waals surface area (Å²) < 4.78 is 0. The summed E-state index contributed by atoms with van der Waals surface area (Å²) in [6, 6.07) is 0. The van der Waals surface area contributed by atoms with Gasteiger partial charge in [-0.2, -0.15) is 0 Å². The van der Waals surface area contributed by atoms with Crippen LogP contribution in [0.3, 0.4) is 0 Å². The zero-order valence-electron chi connectivity index (χ0n) is 5.71. The van der Waals surface area contributed by atoms with Crippen molar-refractivity contribution in [2.45, 2.75) is 12.8 Å². The van der Waals surface area contributed by atoms with Crippen molar-refractivity contribution in [1.82, 2.24) is 0 Å². The molecule has 0 aromatic heterocycles. The first-order valence-corrected chi connectivity index (χ1v) is 3.17. The van der Waals surface area contributed by atoms with Crippen LogP contribution in [0, 0.1) is 5.92 Å². The lowest BCUT2D eigenvalue weighted by atomic mass is 10.0. The van der Waals surface area contributed by atoms with E-state index in [9.17, 15) is 0 Å². The normalized spacial score (nSPS) is 9.56. The molecule has 0 unspecified atom stereocenters. The maximum atomic E-state index is 8.69. The Morgan fingerprint density at radius 1 is 1.22 bits per heavy atom. The van der Waals surface area contributed by atoms with Gasteiger partial charge in [-0.3, -0.25) is 0 Å². The summed E-state index contributed by atoms with van der Waals surface area (Å²) in [5.41, 5.74) is 0. The van der Waals surface area contributed by atoms with Crippen molar-refractivity contribution in [2.75, 3.05) is 6.61 Å². The maximum Gasteiger partial charge on any atom is 0.0465 e. The van der Waals surface area contributed by atoms with Crippen molar-refractivity contribution >= 4 is 0 Å². The third-order valence-electron chi connectivity index (χ3n) is 1.26. The van der Waals surface area contributed by atoms with E-state index < -0.39 is 0 Å². The van der Waals surface area contributed by atoms with E-state index in [0.29, 0.717) is 5.92 Å². The lowest BCUT2D eigenvalue weighted by Gasteiger charge is -2.06. The molecule has 0 fully saturated rings. The number of rotatable bonds is 5. The zero-order valence-corrected chi connectivity index (χ0v) is 5.71. The second-order valence-electron chi connectivity index (χ2n) is 2.10. The van der Waals surface area contributed by atoms with Gasteiger partial charge in [-0.15, -0.1) is 13.2 Å². The first-order valence-electron chi connectivity index (χ1n) is 3.17. The quantitative estimate of drug-likeness (QED) is 0.556. The molecule has 0 aliphatic rings. The Bertz CT molecular complexity index is 76.6. The fourth-order valence-electron chi connectivity index (χ4n) is 0.717. The fraction of sp³-hybridized carbons (Fsp3) is 0.500. The van der Waals surface area contributed by atoms with Crippen LogP contribution in [0.5, 0.6) is 0 Å². The summed E-state index contributed by atoms with van der Waals surface area (Å²) >= 11 is 0. The Labute approximate surface area is 56.7 Å². The average molecular weight is 126 g/mol.